The van der Waals surface area contributed by atoms with E-state index in [0.717, 1.165) is 35.5 Å². The number of fused-ring (bicyclic) bond motifs is 2. The van der Waals surface area contributed by atoms with E-state index in [9.17, 15) is 27.5 Å². The summed E-state index contributed by atoms with van der Waals surface area (Å²) in [5.74, 6) is -1.21. The molecule has 220 valence electrons. The molecule has 0 unspecified atom stereocenters. The lowest BCUT2D eigenvalue weighted by molar-refractivity contribution is -0.137. The van der Waals surface area contributed by atoms with Crippen molar-refractivity contribution in [1.82, 2.24) is 19.4 Å². The number of carboxylic acids is 1. The second-order valence-corrected chi connectivity index (χ2v) is 10.8. The quantitative estimate of drug-likeness (QED) is 0.252. The summed E-state index contributed by atoms with van der Waals surface area (Å²) in [6, 6.07) is 8.89. The monoisotopic (exact) mass is 604 g/mol. The molecule has 2 aromatic heterocycles. The van der Waals surface area contributed by atoms with Crippen LogP contribution in [0.1, 0.15) is 45.0 Å². The number of rotatable bonds is 8. The molecule has 2 aromatic carbocycles. The molecule has 8 nitrogen and oxygen atoms in total. The van der Waals surface area contributed by atoms with E-state index in [1.807, 2.05) is 4.57 Å². The Morgan fingerprint density at radius 1 is 1.17 bits per heavy atom. The van der Waals surface area contributed by atoms with Gasteiger partial charge in [-0.25, -0.2) is 19.2 Å². The Labute approximate surface area is 242 Å². The highest BCUT2D eigenvalue weighted by atomic mass is 35.5. The van der Waals surface area contributed by atoms with Gasteiger partial charge in [0.1, 0.15) is 23.3 Å². The molecule has 2 aliphatic rings. The van der Waals surface area contributed by atoms with Crippen molar-refractivity contribution in [3.63, 3.8) is 0 Å². The van der Waals surface area contributed by atoms with Gasteiger partial charge in [0.05, 0.1) is 47.0 Å². The lowest BCUT2D eigenvalue weighted by Gasteiger charge is -2.30. The van der Waals surface area contributed by atoms with Gasteiger partial charge in [0, 0.05) is 25.3 Å². The fraction of sp³-hybridized carbons (Fsp3) is 0.345. The zero-order chi connectivity index (χ0) is 29.6. The lowest BCUT2D eigenvalue weighted by atomic mass is 10.1. The van der Waals surface area contributed by atoms with Crippen molar-refractivity contribution < 1.29 is 36.9 Å². The van der Waals surface area contributed by atoms with Crippen LogP contribution in [0.4, 0.5) is 17.6 Å². The predicted octanol–water partition coefficient (Wildman–Crippen LogP) is 5.87. The van der Waals surface area contributed by atoms with Crippen LogP contribution in [0, 0.1) is 5.82 Å². The van der Waals surface area contributed by atoms with Gasteiger partial charge in [-0.1, -0.05) is 17.7 Å². The van der Waals surface area contributed by atoms with Crippen molar-refractivity contribution >= 4 is 28.6 Å². The number of hydrogen-bond acceptors (Lipinski definition) is 6. The van der Waals surface area contributed by atoms with E-state index < -0.39 is 23.5 Å². The summed E-state index contributed by atoms with van der Waals surface area (Å²) >= 11 is 6.38. The first-order valence-corrected chi connectivity index (χ1v) is 13.7. The van der Waals surface area contributed by atoms with Crippen molar-refractivity contribution in [3.05, 3.63) is 87.1 Å². The molecule has 6 rings (SSSR count). The van der Waals surface area contributed by atoms with E-state index in [-0.39, 0.29) is 34.7 Å². The van der Waals surface area contributed by atoms with Gasteiger partial charge in [0.2, 0.25) is 5.88 Å². The Hall–Kier alpha value is -3.74. The standard InChI is InChI=1S/C29H25ClF4N4O4/c30-21-9-16-5-7-37(13-24(16)36-27(21)42-15-18-1-3-19(11-22(18)31)29(32,33)34)14-26-35-23-4-2-17(28(39)40)10-25(23)38(26)12-20-6-8-41-20/h1-4,9-11,20H,5-8,12-15H2,(H,39,40)/t20-/m0/s1. The van der Waals surface area contributed by atoms with Gasteiger partial charge in [-0.15, -0.1) is 0 Å². The molecule has 0 radical (unpaired) electrons. The maximum absolute atomic E-state index is 14.3. The molecule has 4 aromatic rings. The summed E-state index contributed by atoms with van der Waals surface area (Å²) in [6.45, 7) is 2.53. The Kier molecular flexibility index (Phi) is 7.54. The van der Waals surface area contributed by atoms with Crippen molar-refractivity contribution in [2.24, 2.45) is 0 Å². The maximum atomic E-state index is 14.3. The van der Waals surface area contributed by atoms with Crippen molar-refractivity contribution in [1.29, 1.82) is 0 Å². The average molecular weight is 605 g/mol. The first-order valence-electron chi connectivity index (χ1n) is 13.3. The minimum atomic E-state index is -4.65. The summed E-state index contributed by atoms with van der Waals surface area (Å²) in [5.41, 5.74) is 2.13. The number of hydrogen-bond donors (Lipinski definition) is 1. The first-order chi connectivity index (χ1) is 20.0. The molecule has 0 bridgehead atoms. The zero-order valence-corrected chi connectivity index (χ0v) is 22.9. The van der Waals surface area contributed by atoms with Crippen LogP contribution >= 0.6 is 11.6 Å². The third-order valence-corrected chi connectivity index (χ3v) is 7.82. The Bertz CT molecular complexity index is 1670. The van der Waals surface area contributed by atoms with E-state index in [0.29, 0.717) is 56.5 Å². The number of nitrogens with zero attached hydrogens (tertiary/aromatic N) is 4. The lowest BCUT2D eigenvalue weighted by Crippen LogP contribution is -2.34. The Balaban J connectivity index is 1.20. The minimum absolute atomic E-state index is 0.0368. The van der Waals surface area contributed by atoms with Gasteiger partial charge in [0.25, 0.3) is 0 Å². The van der Waals surface area contributed by atoms with E-state index >= 15 is 0 Å². The number of ether oxygens (including phenoxy) is 2. The van der Waals surface area contributed by atoms with Crippen LogP contribution in [0.3, 0.4) is 0 Å². The van der Waals surface area contributed by atoms with Crippen molar-refractivity contribution in [3.8, 4) is 5.88 Å². The molecule has 42 heavy (non-hydrogen) atoms. The molecule has 0 saturated carbocycles. The largest absolute Gasteiger partial charge is 0.478 e. The van der Waals surface area contributed by atoms with Crippen LogP contribution in [0.15, 0.2) is 42.5 Å². The van der Waals surface area contributed by atoms with Gasteiger partial charge in [-0.3, -0.25) is 4.90 Å². The molecule has 4 heterocycles. The number of imidazole rings is 1. The second kappa shape index (κ2) is 11.2. The van der Waals surface area contributed by atoms with Crippen LogP contribution in [0.25, 0.3) is 11.0 Å². The topological polar surface area (TPSA) is 89.7 Å². The molecule has 0 amide bonds. The minimum Gasteiger partial charge on any atom is -0.478 e. The SMILES string of the molecule is O=C(O)c1ccc2nc(CN3CCc4cc(Cl)c(OCc5ccc(C(F)(F)F)cc5F)nc4C3)n(C[C@@H]3CCO3)c2c1. The predicted molar refractivity (Wildman–Crippen MR) is 144 cm³/mol. The summed E-state index contributed by atoms with van der Waals surface area (Å²) in [7, 11) is 0. The van der Waals surface area contributed by atoms with Gasteiger partial charge in [-0.05, 0) is 54.8 Å². The van der Waals surface area contributed by atoms with E-state index in [4.69, 9.17) is 26.1 Å². The van der Waals surface area contributed by atoms with Crippen LogP contribution in [0.5, 0.6) is 5.88 Å². The van der Waals surface area contributed by atoms with Gasteiger partial charge < -0.3 is 19.1 Å². The molecule has 1 saturated heterocycles. The summed E-state index contributed by atoms with van der Waals surface area (Å²) in [4.78, 5) is 23.1. The van der Waals surface area contributed by atoms with Crippen LogP contribution in [-0.2, 0) is 43.6 Å². The molecule has 1 atom stereocenters. The molecular weight excluding hydrogens is 580 g/mol. The third-order valence-electron chi connectivity index (χ3n) is 7.55. The number of alkyl halides is 3. The van der Waals surface area contributed by atoms with Crippen LogP contribution < -0.4 is 4.74 Å². The van der Waals surface area contributed by atoms with Crippen molar-refractivity contribution in [2.45, 2.75) is 51.4 Å². The van der Waals surface area contributed by atoms with E-state index in [1.165, 1.54) is 6.07 Å². The summed E-state index contributed by atoms with van der Waals surface area (Å²) in [5, 5.41) is 9.71. The highest BCUT2D eigenvalue weighted by Crippen LogP contribution is 2.32. The van der Waals surface area contributed by atoms with E-state index in [2.05, 4.69) is 9.88 Å². The Morgan fingerprint density at radius 2 is 1.98 bits per heavy atom. The number of halogens is 5. The number of aromatic carboxylic acids is 1. The first kappa shape index (κ1) is 28.4. The molecule has 2 aliphatic heterocycles. The number of carbonyl (C=O) groups is 1. The highest BCUT2D eigenvalue weighted by Gasteiger charge is 2.31. The van der Waals surface area contributed by atoms with E-state index in [1.54, 1.807) is 18.2 Å². The summed E-state index contributed by atoms with van der Waals surface area (Å²) in [6.07, 6.45) is -3.04. The molecule has 0 spiro atoms. The number of carboxylic acid groups (broad SMARTS) is 1. The van der Waals surface area contributed by atoms with Crippen molar-refractivity contribution in [2.75, 3.05) is 13.2 Å². The smallest absolute Gasteiger partial charge is 0.416 e. The second-order valence-electron chi connectivity index (χ2n) is 10.4. The highest BCUT2D eigenvalue weighted by molar-refractivity contribution is 6.31. The molecule has 0 aliphatic carbocycles. The number of aromatic nitrogens is 3. The maximum Gasteiger partial charge on any atom is 0.416 e. The summed E-state index contributed by atoms with van der Waals surface area (Å²) < 4.78 is 66.2. The van der Waals surface area contributed by atoms with Crippen LogP contribution in [0.2, 0.25) is 5.02 Å². The van der Waals surface area contributed by atoms with Gasteiger partial charge in [-0.2, -0.15) is 13.2 Å². The average Bonchev–Trinajstić information content (AvgIpc) is 3.25. The number of pyridine rings is 1. The fourth-order valence-corrected chi connectivity index (χ4v) is 5.38. The van der Waals surface area contributed by atoms with Gasteiger partial charge >= 0.3 is 12.1 Å². The molecular formula is C29H25ClF4N4O4. The molecule has 1 fully saturated rings. The normalized spacial score (nSPS) is 17.2. The Morgan fingerprint density at radius 3 is 2.67 bits per heavy atom. The van der Waals surface area contributed by atoms with Crippen LogP contribution in [-0.4, -0.2) is 49.8 Å². The van der Waals surface area contributed by atoms with Gasteiger partial charge in [0.15, 0.2) is 0 Å². The third kappa shape index (κ3) is 5.79. The molecule has 1 N–H and O–H groups in total. The zero-order valence-electron chi connectivity index (χ0n) is 22.1. The fourth-order valence-electron chi connectivity index (χ4n) is 5.15. The molecule has 13 heteroatoms. The number of benzene rings is 2.